The zero-order valence-corrected chi connectivity index (χ0v) is 9.31. The SMILES string of the molecule is Fc1ccc2nc(NCCOCC(F)F)nn2c1. The van der Waals surface area contributed by atoms with E-state index >= 15 is 0 Å². The van der Waals surface area contributed by atoms with Crippen LogP contribution in [0.3, 0.4) is 0 Å². The Labute approximate surface area is 101 Å². The number of hydrogen-bond acceptors (Lipinski definition) is 4. The number of anilines is 1. The summed E-state index contributed by atoms with van der Waals surface area (Å²) in [4.78, 5) is 4.06. The maximum atomic E-state index is 12.9. The zero-order valence-electron chi connectivity index (χ0n) is 9.31. The second-order valence-electron chi connectivity index (χ2n) is 3.48. The molecule has 0 radical (unpaired) electrons. The molecule has 0 bridgehead atoms. The van der Waals surface area contributed by atoms with Gasteiger partial charge in [0.2, 0.25) is 5.95 Å². The van der Waals surface area contributed by atoms with Crippen molar-refractivity contribution in [3.05, 3.63) is 24.1 Å². The van der Waals surface area contributed by atoms with Crippen LogP contribution in [0.4, 0.5) is 19.1 Å². The Morgan fingerprint density at radius 2 is 2.22 bits per heavy atom. The monoisotopic (exact) mass is 260 g/mol. The van der Waals surface area contributed by atoms with Gasteiger partial charge in [0.25, 0.3) is 6.43 Å². The highest BCUT2D eigenvalue weighted by Gasteiger charge is 2.04. The van der Waals surface area contributed by atoms with E-state index in [1.807, 2.05) is 0 Å². The highest BCUT2D eigenvalue weighted by Crippen LogP contribution is 2.06. The maximum Gasteiger partial charge on any atom is 0.261 e. The predicted molar refractivity (Wildman–Crippen MR) is 58.3 cm³/mol. The molecule has 0 unspecified atom stereocenters. The molecule has 0 saturated heterocycles. The minimum Gasteiger partial charge on any atom is -0.374 e. The average molecular weight is 260 g/mol. The average Bonchev–Trinajstić information content (AvgIpc) is 2.70. The molecule has 5 nitrogen and oxygen atoms in total. The van der Waals surface area contributed by atoms with Crippen LogP contribution in [0.15, 0.2) is 18.3 Å². The van der Waals surface area contributed by atoms with Gasteiger partial charge in [0, 0.05) is 6.54 Å². The third-order valence-corrected chi connectivity index (χ3v) is 2.07. The van der Waals surface area contributed by atoms with Crippen molar-refractivity contribution in [2.24, 2.45) is 0 Å². The molecule has 2 aromatic rings. The molecule has 0 aliphatic heterocycles. The second kappa shape index (κ2) is 5.67. The van der Waals surface area contributed by atoms with Gasteiger partial charge in [0.15, 0.2) is 5.65 Å². The normalized spacial score (nSPS) is 11.3. The van der Waals surface area contributed by atoms with Gasteiger partial charge < -0.3 is 10.1 Å². The summed E-state index contributed by atoms with van der Waals surface area (Å²) in [6, 6.07) is 2.76. The molecular formula is C10H11F3N4O. The predicted octanol–water partition coefficient (Wildman–Crippen LogP) is 1.56. The van der Waals surface area contributed by atoms with Crippen LogP contribution in [0.2, 0.25) is 0 Å². The number of pyridine rings is 1. The third-order valence-electron chi connectivity index (χ3n) is 2.07. The number of nitrogens with zero attached hydrogens (tertiary/aromatic N) is 3. The summed E-state index contributed by atoms with van der Waals surface area (Å²) in [5, 5.41) is 6.75. The van der Waals surface area contributed by atoms with E-state index in [0.717, 1.165) is 0 Å². The topological polar surface area (TPSA) is 51.5 Å². The second-order valence-corrected chi connectivity index (χ2v) is 3.48. The minimum absolute atomic E-state index is 0.119. The van der Waals surface area contributed by atoms with E-state index < -0.39 is 18.8 Å². The summed E-state index contributed by atoms with van der Waals surface area (Å²) >= 11 is 0. The van der Waals surface area contributed by atoms with E-state index in [1.165, 1.54) is 22.8 Å². The third kappa shape index (κ3) is 3.33. The molecule has 0 saturated carbocycles. The zero-order chi connectivity index (χ0) is 13.0. The Balaban J connectivity index is 1.84. The van der Waals surface area contributed by atoms with Crippen molar-refractivity contribution in [3.63, 3.8) is 0 Å². The molecule has 0 atom stereocenters. The van der Waals surface area contributed by atoms with Crippen LogP contribution in [0, 0.1) is 5.82 Å². The van der Waals surface area contributed by atoms with Crippen molar-refractivity contribution in [2.45, 2.75) is 6.43 Å². The van der Waals surface area contributed by atoms with Crippen molar-refractivity contribution in [2.75, 3.05) is 25.1 Å². The van der Waals surface area contributed by atoms with Crippen LogP contribution in [0.1, 0.15) is 0 Å². The van der Waals surface area contributed by atoms with Crippen molar-refractivity contribution in [1.29, 1.82) is 0 Å². The molecule has 1 N–H and O–H groups in total. The standard InChI is InChI=1S/C10H11F3N4O/c11-7-1-2-9-15-10(16-17(9)5-7)14-3-4-18-6-8(12)13/h1-2,5,8H,3-4,6H2,(H,14,16). The molecule has 0 aliphatic rings. The number of ether oxygens (including phenoxy) is 1. The molecule has 8 heteroatoms. The summed E-state index contributed by atoms with van der Waals surface area (Å²) in [6.07, 6.45) is -1.28. The molecule has 2 heterocycles. The molecular weight excluding hydrogens is 249 g/mol. The van der Waals surface area contributed by atoms with E-state index in [-0.39, 0.29) is 6.61 Å². The Morgan fingerprint density at radius 3 is 3.00 bits per heavy atom. The van der Waals surface area contributed by atoms with Gasteiger partial charge in [0.1, 0.15) is 12.4 Å². The summed E-state index contributed by atoms with van der Waals surface area (Å²) in [5.74, 6) is -0.125. The van der Waals surface area contributed by atoms with E-state index in [9.17, 15) is 13.2 Å². The van der Waals surface area contributed by atoms with Crippen molar-refractivity contribution in [3.8, 4) is 0 Å². The Morgan fingerprint density at radius 1 is 1.39 bits per heavy atom. The maximum absolute atomic E-state index is 12.9. The van der Waals surface area contributed by atoms with Crippen LogP contribution in [0.25, 0.3) is 5.65 Å². The first-order valence-corrected chi connectivity index (χ1v) is 5.27. The highest BCUT2D eigenvalue weighted by molar-refractivity contribution is 5.42. The first-order valence-electron chi connectivity index (χ1n) is 5.27. The van der Waals surface area contributed by atoms with E-state index in [4.69, 9.17) is 0 Å². The van der Waals surface area contributed by atoms with E-state index in [0.29, 0.717) is 18.1 Å². The van der Waals surface area contributed by atoms with Crippen molar-refractivity contribution >= 4 is 11.6 Å². The summed E-state index contributed by atoms with van der Waals surface area (Å²) in [7, 11) is 0. The number of aromatic nitrogens is 3. The van der Waals surface area contributed by atoms with Gasteiger partial charge in [-0.15, -0.1) is 5.10 Å². The molecule has 0 spiro atoms. The minimum atomic E-state index is -2.47. The molecule has 98 valence electrons. The smallest absolute Gasteiger partial charge is 0.261 e. The van der Waals surface area contributed by atoms with E-state index in [2.05, 4.69) is 20.1 Å². The van der Waals surface area contributed by atoms with Gasteiger partial charge in [0.05, 0.1) is 12.8 Å². The van der Waals surface area contributed by atoms with Gasteiger partial charge in [-0.25, -0.2) is 17.7 Å². The molecule has 2 aromatic heterocycles. The number of hydrogen-bond donors (Lipinski definition) is 1. The van der Waals surface area contributed by atoms with Crippen LogP contribution in [0.5, 0.6) is 0 Å². The lowest BCUT2D eigenvalue weighted by Gasteiger charge is -2.03. The number of fused-ring (bicyclic) bond motifs is 1. The van der Waals surface area contributed by atoms with Crippen LogP contribution in [-0.2, 0) is 4.74 Å². The lowest BCUT2D eigenvalue weighted by molar-refractivity contribution is 0.0214. The number of alkyl halides is 2. The van der Waals surface area contributed by atoms with Gasteiger partial charge in [-0.2, -0.15) is 4.98 Å². The van der Waals surface area contributed by atoms with Crippen LogP contribution in [-0.4, -0.2) is 40.8 Å². The molecule has 0 fully saturated rings. The summed E-state index contributed by atoms with van der Waals surface area (Å²) in [6.45, 7) is -0.175. The molecule has 0 aromatic carbocycles. The lowest BCUT2D eigenvalue weighted by atomic mass is 10.5. The summed E-state index contributed by atoms with van der Waals surface area (Å²) < 4.78 is 42.3. The highest BCUT2D eigenvalue weighted by atomic mass is 19.3. The van der Waals surface area contributed by atoms with Crippen LogP contribution < -0.4 is 5.32 Å². The Kier molecular flexibility index (Phi) is 3.98. The number of nitrogens with one attached hydrogen (secondary N) is 1. The first-order chi connectivity index (χ1) is 8.65. The van der Waals surface area contributed by atoms with Gasteiger partial charge in [-0.3, -0.25) is 0 Å². The van der Waals surface area contributed by atoms with Crippen molar-refractivity contribution in [1.82, 2.24) is 14.6 Å². The fourth-order valence-electron chi connectivity index (χ4n) is 1.34. The lowest BCUT2D eigenvalue weighted by Crippen LogP contribution is -2.13. The van der Waals surface area contributed by atoms with Crippen LogP contribution >= 0.6 is 0 Å². The van der Waals surface area contributed by atoms with Gasteiger partial charge in [-0.05, 0) is 12.1 Å². The Hall–Kier alpha value is -1.83. The first kappa shape index (κ1) is 12.6. The number of rotatable bonds is 6. The summed E-state index contributed by atoms with van der Waals surface area (Å²) in [5.41, 5.74) is 0.493. The van der Waals surface area contributed by atoms with Gasteiger partial charge in [-0.1, -0.05) is 0 Å². The molecule has 2 rings (SSSR count). The Bertz CT molecular complexity index is 517. The number of halogens is 3. The molecule has 0 amide bonds. The van der Waals surface area contributed by atoms with Crippen molar-refractivity contribution < 1.29 is 17.9 Å². The van der Waals surface area contributed by atoms with E-state index in [1.54, 1.807) is 0 Å². The van der Waals surface area contributed by atoms with Gasteiger partial charge >= 0.3 is 0 Å². The molecule has 0 aliphatic carbocycles. The quantitative estimate of drug-likeness (QED) is 0.801. The largest absolute Gasteiger partial charge is 0.374 e. The fourth-order valence-corrected chi connectivity index (χ4v) is 1.34. The fraction of sp³-hybridized carbons (Fsp3) is 0.400. The molecule has 18 heavy (non-hydrogen) atoms.